The predicted molar refractivity (Wildman–Crippen MR) is 94.0 cm³/mol. The third kappa shape index (κ3) is 3.57. The van der Waals surface area contributed by atoms with Crippen LogP contribution in [-0.4, -0.2) is 43.0 Å². The van der Waals surface area contributed by atoms with E-state index < -0.39 is 0 Å². The summed E-state index contributed by atoms with van der Waals surface area (Å²) < 4.78 is 0. The van der Waals surface area contributed by atoms with E-state index in [1.165, 1.54) is 41.8 Å². The molecule has 22 heavy (non-hydrogen) atoms. The Morgan fingerprint density at radius 3 is 2.09 bits per heavy atom. The maximum atomic E-state index is 2.56. The fourth-order valence-electron chi connectivity index (χ4n) is 3.18. The van der Waals surface area contributed by atoms with Gasteiger partial charge in [0.2, 0.25) is 0 Å². The van der Waals surface area contributed by atoms with Crippen LogP contribution in [0.15, 0.2) is 48.5 Å². The van der Waals surface area contributed by atoms with E-state index in [9.17, 15) is 0 Å². The second-order valence-electron chi connectivity index (χ2n) is 6.70. The maximum absolute atomic E-state index is 2.56. The van der Waals surface area contributed by atoms with Crippen molar-refractivity contribution in [1.82, 2.24) is 9.80 Å². The summed E-state index contributed by atoms with van der Waals surface area (Å²) in [5, 5.41) is 0. The van der Waals surface area contributed by atoms with E-state index in [2.05, 4.69) is 79.3 Å². The molecule has 0 bridgehead atoms. The molecule has 1 fully saturated rings. The smallest absolute Gasteiger partial charge is 0.0234 e. The van der Waals surface area contributed by atoms with Crippen LogP contribution in [0.25, 0.3) is 11.1 Å². The molecule has 1 aliphatic heterocycles. The lowest BCUT2D eigenvalue weighted by Gasteiger charge is -2.20. The van der Waals surface area contributed by atoms with Gasteiger partial charge < -0.3 is 4.90 Å². The Balaban J connectivity index is 1.64. The third-order valence-corrected chi connectivity index (χ3v) is 4.72. The van der Waals surface area contributed by atoms with Crippen LogP contribution < -0.4 is 0 Å². The minimum atomic E-state index is 0.715. The summed E-state index contributed by atoms with van der Waals surface area (Å²) in [6.45, 7) is 5.59. The summed E-state index contributed by atoms with van der Waals surface area (Å²) in [6.07, 6.45) is 1.29. The lowest BCUT2D eigenvalue weighted by molar-refractivity contribution is 0.264. The lowest BCUT2D eigenvalue weighted by Crippen LogP contribution is -2.31. The highest BCUT2D eigenvalue weighted by Gasteiger charge is 2.23. The fraction of sp³-hybridized carbons (Fsp3) is 0.400. The van der Waals surface area contributed by atoms with Crippen LogP contribution >= 0.6 is 0 Å². The van der Waals surface area contributed by atoms with Crippen molar-refractivity contribution in [2.24, 2.45) is 0 Å². The number of rotatable bonds is 4. The summed E-state index contributed by atoms with van der Waals surface area (Å²) in [5.41, 5.74) is 5.32. The minimum Gasteiger partial charge on any atom is -0.305 e. The molecule has 1 saturated heterocycles. The van der Waals surface area contributed by atoms with Gasteiger partial charge in [0.15, 0.2) is 0 Å². The van der Waals surface area contributed by atoms with Crippen LogP contribution in [0.2, 0.25) is 0 Å². The van der Waals surface area contributed by atoms with Crippen LogP contribution in [0.5, 0.6) is 0 Å². The summed E-state index contributed by atoms with van der Waals surface area (Å²) >= 11 is 0. The molecule has 0 radical (unpaired) electrons. The Hall–Kier alpha value is -1.64. The Morgan fingerprint density at radius 2 is 1.55 bits per heavy atom. The molecule has 0 amide bonds. The molecule has 2 aromatic rings. The standard InChI is InChI=1S/C20H26N2/c1-16-4-8-18(9-5-16)19-10-6-17(7-11-19)14-22-13-12-20(15-22)21(2)3/h4-11,20H,12-15H2,1-3H3. The van der Waals surface area contributed by atoms with E-state index >= 15 is 0 Å². The monoisotopic (exact) mass is 294 g/mol. The number of hydrogen-bond donors (Lipinski definition) is 0. The minimum absolute atomic E-state index is 0.715. The molecule has 0 saturated carbocycles. The maximum Gasteiger partial charge on any atom is 0.0234 e. The summed E-state index contributed by atoms with van der Waals surface area (Å²) in [6, 6.07) is 18.5. The summed E-state index contributed by atoms with van der Waals surface area (Å²) in [5.74, 6) is 0. The molecule has 0 aliphatic carbocycles. The molecule has 2 heteroatoms. The number of hydrogen-bond acceptors (Lipinski definition) is 2. The summed E-state index contributed by atoms with van der Waals surface area (Å²) in [7, 11) is 4.37. The normalized spacial score (nSPS) is 19.0. The van der Waals surface area contributed by atoms with Crippen molar-refractivity contribution in [3.8, 4) is 11.1 Å². The van der Waals surface area contributed by atoms with Crippen molar-refractivity contribution in [2.75, 3.05) is 27.2 Å². The highest BCUT2D eigenvalue weighted by Crippen LogP contribution is 2.22. The number of nitrogens with zero attached hydrogens (tertiary/aromatic N) is 2. The second-order valence-corrected chi connectivity index (χ2v) is 6.70. The zero-order valence-electron chi connectivity index (χ0n) is 13.9. The molecular formula is C20H26N2. The molecule has 1 aliphatic rings. The molecule has 2 aromatic carbocycles. The van der Waals surface area contributed by atoms with Crippen LogP contribution in [0.3, 0.4) is 0 Å². The van der Waals surface area contributed by atoms with Gasteiger partial charge in [-0.1, -0.05) is 54.1 Å². The average molecular weight is 294 g/mol. The SMILES string of the molecule is Cc1ccc(-c2ccc(CN3CCC(N(C)C)C3)cc2)cc1. The van der Waals surface area contributed by atoms with Crippen LogP contribution in [-0.2, 0) is 6.54 Å². The lowest BCUT2D eigenvalue weighted by atomic mass is 10.0. The van der Waals surface area contributed by atoms with E-state index in [0.717, 1.165) is 6.54 Å². The Kier molecular flexibility index (Phi) is 4.60. The first-order chi connectivity index (χ1) is 10.6. The number of likely N-dealkylation sites (tertiary alicyclic amines) is 1. The van der Waals surface area contributed by atoms with Crippen molar-refractivity contribution < 1.29 is 0 Å². The quantitative estimate of drug-likeness (QED) is 0.846. The molecule has 1 atom stereocenters. The Morgan fingerprint density at radius 1 is 0.955 bits per heavy atom. The van der Waals surface area contributed by atoms with Crippen LogP contribution in [0.1, 0.15) is 17.5 Å². The van der Waals surface area contributed by atoms with Crippen molar-refractivity contribution in [3.63, 3.8) is 0 Å². The van der Waals surface area contributed by atoms with Gasteiger partial charge in [-0.25, -0.2) is 0 Å². The topological polar surface area (TPSA) is 6.48 Å². The fourth-order valence-corrected chi connectivity index (χ4v) is 3.18. The van der Waals surface area contributed by atoms with Gasteiger partial charge in [-0.05, 0) is 44.1 Å². The molecule has 1 heterocycles. The molecule has 0 spiro atoms. The zero-order valence-corrected chi connectivity index (χ0v) is 13.9. The average Bonchev–Trinajstić information content (AvgIpc) is 2.98. The van der Waals surface area contributed by atoms with Crippen molar-refractivity contribution >= 4 is 0 Å². The van der Waals surface area contributed by atoms with Gasteiger partial charge in [-0.2, -0.15) is 0 Å². The van der Waals surface area contributed by atoms with Gasteiger partial charge >= 0.3 is 0 Å². The van der Waals surface area contributed by atoms with Gasteiger partial charge in [0.05, 0.1) is 0 Å². The van der Waals surface area contributed by atoms with E-state index in [4.69, 9.17) is 0 Å². The Bertz CT molecular complexity index is 599. The van der Waals surface area contributed by atoms with Crippen molar-refractivity contribution in [1.29, 1.82) is 0 Å². The second kappa shape index (κ2) is 6.64. The number of benzene rings is 2. The van der Waals surface area contributed by atoms with Crippen molar-refractivity contribution in [2.45, 2.75) is 25.9 Å². The first-order valence-electron chi connectivity index (χ1n) is 8.16. The highest BCUT2D eigenvalue weighted by molar-refractivity contribution is 5.63. The van der Waals surface area contributed by atoms with Crippen LogP contribution in [0, 0.1) is 6.92 Å². The Labute approximate surface area is 134 Å². The van der Waals surface area contributed by atoms with Crippen LogP contribution in [0.4, 0.5) is 0 Å². The van der Waals surface area contributed by atoms with Gasteiger partial charge in [-0.15, -0.1) is 0 Å². The third-order valence-electron chi connectivity index (χ3n) is 4.72. The molecule has 0 N–H and O–H groups in total. The highest BCUT2D eigenvalue weighted by atomic mass is 15.2. The van der Waals surface area contributed by atoms with Gasteiger partial charge in [-0.3, -0.25) is 4.90 Å². The predicted octanol–water partition coefficient (Wildman–Crippen LogP) is 3.80. The summed E-state index contributed by atoms with van der Waals surface area (Å²) in [4.78, 5) is 4.91. The molecule has 116 valence electrons. The van der Waals surface area contributed by atoms with E-state index in [1.807, 2.05) is 0 Å². The van der Waals surface area contributed by atoms with Gasteiger partial charge in [0.1, 0.15) is 0 Å². The first-order valence-corrected chi connectivity index (χ1v) is 8.16. The van der Waals surface area contributed by atoms with E-state index in [1.54, 1.807) is 0 Å². The molecular weight excluding hydrogens is 268 g/mol. The largest absolute Gasteiger partial charge is 0.305 e. The molecule has 2 nitrogen and oxygen atoms in total. The van der Waals surface area contributed by atoms with Crippen molar-refractivity contribution in [3.05, 3.63) is 59.7 Å². The molecule has 3 rings (SSSR count). The number of aryl methyl sites for hydroxylation is 1. The first kappa shape index (κ1) is 15.3. The zero-order chi connectivity index (χ0) is 15.5. The molecule has 1 unspecified atom stereocenters. The number of likely N-dealkylation sites (N-methyl/N-ethyl adjacent to an activating group) is 1. The van der Waals surface area contributed by atoms with Gasteiger partial charge in [0, 0.05) is 25.7 Å². The van der Waals surface area contributed by atoms with E-state index in [0.29, 0.717) is 6.04 Å². The van der Waals surface area contributed by atoms with E-state index in [-0.39, 0.29) is 0 Å². The van der Waals surface area contributed by atoms with Gasteiger partial charge in [0.25, 0.3) is 0 Å². The molecule has 0 aromatic heterocycles.